The number of hydrogen-bond acceptors (Lipinski definition) is 4. The maximum absolute atomic E-state index is 9.42. The quantitative estimate of drug-likeness (QED) is 0.814. The van der Waals surface area contributed by atoms with Crippen molar-refractivity contribution in [2.24, 2.45) is 0 Å². The molecule has 1 atom stereocenters. The van der Waals surface area contributed by atoms with Gasteiger partial charge in [0.25, 0.3) is 0 Å². The summed E-state index contributed by atoms with van der Waals surface area (Å²) in [6.07, 6.45) is 1.71. The van der Waals surface area contributed by atoms with Gasteiger partial charge in [-0.3, -0.25) is 0 Å². The third-order valence-corrected chi connectivity index (χ3v) is 2.53. The van der Waals surface area contributed by atoms with Crippen LogP contribution in [0.2, 0.25) is 0 Å². The number of nitrogens with one attached hydrogen (secondary N) is 1. The molecule has 5 nitrogen and oxygen atoms in total. The first-order valence-electron chi connectivity index (χ1n) is 5.09. The van der Waals surface area contributed by atoms with Gasteiger partial charge < -0.3 is 10.4 Å². The van der Waals surface area contributed by atoms with E-state index in [1.54, 1.807) is 29.1 Å². The maximum atomic E-state index is 9.42. The van der Waals surface area contributed by atoms with Crippen LogP contribution in [0.3, 0.4) is 0 Å². The van der Waals surface area contributed by atoms with Crippen LogP contribution in [0, 0.1) is 0 Å². The third kappa shape index (κ3) is 1.90. The lowest BCUT2D eigenvalue weighted by Gasteiger charge is -2.12. The highest BCUT2D eigenvalue weighted by atomic mass is 16.3. The molecule has 2 rings (SSSR count). The molecule has 5 heteroatoms. The molecule has 2 N–H and O–H groups in total. The van der Waals surface area contributed by atoms with Crippen LogP contribution < -0.4 is 5.32 Å². The second kappa shape index (κ2) is 4.32. The molecule has 1 heterocycles. The van der Waals surface area contributed by atoms with Crippen LogP contribution >= 0.6 is 0 Å². The summed E-state index contributed by atoms with van der Waals surface area (Å²) in [5.41, 5.74) is 1.75. The van der Waals surface area contributed by atoms with Gasteiger partial charge in [-0.1, -0.05) is 11.3 Å². The Labute approximate surface area is 93.7 Å². The van der Waals surface area contributed by atoms with Crippen LogP contribution in [0.5, 0.6) is 5.75 Å². The van der Waals surface area contributed by atoms with E-state index in [9.17, 15) is 5.11 Å². The van der Waals surface area contributed by atoms with E-state index < -0.39 is 0 Å². The lowest BCUT2D eigenvalue weighted by atomic mass is 10.2. The first-order valence-corrected chi connectivity index (χ1v) is 5.09. The van der Waals surface area contributed by atoms with Gasteiger partial charge >= 0.3 is 0 Å². The van der Waals surface area contributed by atoms with Gasteiger partial charge in [-0.15, -0.1) is 5.10 Å². The van der Waals surface area contributed by atoms with Gasteiger partial charge in [0.05, 0.1) is 17.6 Å². The standard InChI is InChI=1S/C11H14N4O/c1-8(12-2)11-7-13-14-15(11)9-4-3-5-10(16)6-9/h3-8,12,16H,1-2H3. The van der Waals surface area contributed by atoms with Crippen molar-refractivity contribution in [2.75, 3.05) is 7.05 Å². The van der Waals surface area contributed by atoms with Gasteiger partial charge in [-0.25, -0.2) is 4.68 Å². The van der Waals surface area contributed by atoms with E-state index in [1.165, 1.54) is 0 Å². The molecular weight excluding hydrogens is 204 g/mol. The average molecular weight is 218 g/mol. The van der Waals surface area contributed by atoms with Crippen molar-refractivity contribution in [1.29, 1.82) is 0 Å². The molecule has 0 fully saturated rings. The van der Waals surface area contributed by atoms with Crippen molar-refractivity contribution >= 4 is 0 Å². The smallest absolute Gasteiger partial charge is 0.117 e. The van der Waals surface area contributed by atoms with E-state index in [0.29, 0.717) is 0 Å². The molecule has 0 aliphatic rings. The Hall–Kier alpha value is -1.88. The minimum absolute atomic E-state index is 0.150. The number of phenolic OH excluding ortho intramolecular Hbond substituents is 1. The van der Waals surface area contributed by atoms with Crippen LogP contribution in [0.4, 0.5) is 0 Å². The highest BCUT2D eigenvalue weighted by Gasteiger charge is 2.11. The van der Waals surface area contributed by atoms with Gasteiger partial charge in [0.1, 0.15) is 5.75 Å². The Bertz CT molecular complexity index is 480. The van der Waals surface area contributed by atoms with E-state index in [-0.39, 0.29) is 11.8 Å². The van der Waals surface area contributed by atoms with Crippen molar-refractivity contribution in [2.45, 2.75) is 13.0 Å². The zero-order valence-corrected chi connectivity index (χ0v) is 9.25. The van der Waals surface area contributed by atoms with E-state index >= 15 is 0 Å². The monoisotopic (exact) mass is 218 g/mol. The summed E-state index contributed by atoms with van der Waals surface area (Å²) < 4.78 is 1.71. The Morgan fingerprint density at radius 3 is 2.94 bits per heavy atom. The summed E-state index contributed by atoms with van der Waals surface area (Å²) in [5.74, 6) is 0.219. The molecule has 1 aromatic carbocycles. The highest BCUT2D eigenvalue weighted by Crippen LogP contribution is 2.18. The van der Waals surface area contributed by atoms with Gasteiger partial charge in [0.2, 0.25) is 0 Å². The Balaban J connectivity index is 2.44. The Morgan fingerprint density at radius 2 is 2.25 bits per heavy atom. The third-order valence-electron chi connectivity index (χ3n) is 2.53. The summed E-state index contributed by atoms with van der Waals surface area (Å²) in [4.78, 5) is 0. The SMILES string of the molecule is CNC(C)c1cnnn1-c1cccc(O)c1. The number of aromatic hydroxyl groups is 1. The van der Waals surface area contributed by atoms with Gasteiger partial charge in [-0.05, 0) is 26.1 Å². The average Bonchev–Trinajstić information content (AvgIpc) is 2.77. The molecule has 0 spiro atoms. The molecule has 0 radical (unpaired) electrons. The van der Waals surface area contributed by atoms with Crippen LogP contribution in [-0.2, 0) is 0 Å². The number of rotatable bonds is 3. The van der Waals surface area contributed by atoms with Crippen molar-refractivity contribution in [3.63, 3.8) is 0 Å². The van der Waals surface area contributed by atoms with Crippen molar-refractivity contribution in [3.8, 4) is 11.4 Å². The second-order valence-corrected chi connectivity index (χ2v) is 3.60. The van der Waals surface area contributed by atoms with Crippen molar-refractivity contribution in [1.82, 2.24) is 20.3 Å². The number of phenols is 1. The number of hydrogen-bond donors (Lipinski definition) is 2. The first kappa shape index (κ1) is 10.6. The number of nitrogens with zero attached hydrogens (tertiary/aromatic N) is 3. The molecule has 0 saturated heterocycles. The summed E-state index contributed by atoms with van der Waals surface area (Å²) in [7, 11) is 1.88. The zero-order chi connectivity index (χ0) is 11.5. The van der Waals surface area contributed by atoms with E-state index in [1.807, 2.05) is 20.0 Å². The minimum atomic E-state index is 0.150. The zero-order valence-electron chi connectivity index (χ0n) is 9.25. The van der Waals surface area contributed by atoms with Gasteiger partial charge in [0.15, 0.2) is 0 Å². The molecule has 2 aromatic rings. The largest absolute Gasteiger partial charge is 0.508 e. The Morgan fingerprint density at radius 1 is 1.44 bits per heavy atom. The fourth-order valence-electron chi connectivity index (χ4n) is 1.51. The van der Waals surface area contributed by atoms with Gasteiger partial charge in [0, 0.05) is 12.1 Å². The van der Waals surface area contributed by atoms with Crippen molar-refractivity contribution < 1.29 is 5.11 Å². The predicted octanol–water partition coefficient (Wildman–Crippen LogP) is 1.25. The molecule has 16 heavy (non-hydrogen) atoms. The second-order valence-electron chi connectivity index (χ2n) is 3.60. The fourth-order valence-corrected chi connectivity index (χ4v) is 1.51. The summed E-state index contributed by atoms with van der Waals surface area (Å²) in [5, 5.41) is 20.5. The first-order chi connectivity index (χ1) is 7.72. The highest BCUT2D eigenvalue weighted by molar-refractivity contribution is 5.38. The summed E-state index contributed by atoms with van der Waals surface area (Å²) >= 11 is 0. The van der Waals surface area contributed by atoms with Crippen LogP contribution in [-0.4, -0.2) is 27.1 Å². The van der Waals surface area contributed by atoms with Crippen molar-refractivity contribution in [3.05, 3.63) is 36.2 Å². The molecule has 1 aromatic heterocycles. The lowest BCUT2D eigenvalue weighted by Crippen LogP contribution is -2.16. The van der Waals surface area contributed by atoms with Gasteiger partial charge in [-0.2, -0.15) is 0 Å². The van der Waals surface area contributed by atoms with Crippen LogP contribution in [0.25, 0.3) is 5.69 Å². The molecule has 0 aliphatic carbocycles. The predicted molar refractivity (Wildman–Crippen MR) is 60.5 cm³/mol. The molecule has 1 unspecified atom stereocenters. The topological polar surface area (TPSA) is 63.0 Å². The fraction of sp³-hybridized carbons (Fsp3) is 0.273. The minimum Gasteiger partial charge on any atom is -0.508 e. The van der Waals surface area contributed by atoms with Crippen LogP contribution in [0.1, 0.15) is 18.7 Å². The molecule has 84 valence electrons. The molecule has 0 saturated carbocycles. The normalized spacial score (nSPS) is 12.6. The van der Waals surface area contributed by atoms with Crippen LogP contribution in [0.15, 0.2) is 30.5 Å². The molecule has 0 amide bonds. The van der Waals surface area contributed by atoms with E-state index in [2.05, 4.69) is 15.6 Å². The van der Waals surface area contributed by atoms with E-state index in [4.69, 9.17) is 0 Å². The Kier molecular flexibility index (Phi) is 2.87. The number of benzene rings is 1. The number of aromatic nitrogens is 3. The maximum Gasteiger partial charge on any atom is 0.117 e. The molecular formula is C11H14N4O. The lowest BCUT2D eigenvalue weighted by molar-refractivity contribution is 0.474. The van der Waals surface area contributed by atoms with E-state index in [0.717, 1.165) is 11.4 Å². The molecule has 0 aliphatic heterocycles. The summed E-state index contributed by atoms with van der Waals surface area (Å²) in [6, 6.07) is 7.08. The molecule has 0 bridgehead atoms. The summed E-state index contributed by atoms with van der Waals surface area (Å²) in [6.45, 7) is 2.03.